The number of aryl methyl sites for hydroxylation is 1. The molecule has 0 aromatic heterocycles. The van der Waals surface area contributed by atoms with Gasteiger partial charge in [-0.1, -0.05) is 30.7 Å². The predicted molar refractivity (Wildman–Crippen MR) is 145 cm³/mol. The molecule has 4 rings (SSSR count). The van der Waals surface area contributed by atoms with E-state index in [2.05, 4.69) is 0 Å². The Bertz CT molecular complexity index is 1380. The van der Waals surface area contributed by atoms with Crippen LogP contribution in [0.25, 0.3) is 0 Å². The summed E-state index contributed by atoms with van der Waals surface area (Å²) in [5.41, 5.74) is 0.686. The maximum atomic E-state index is 13.5. The number of ether oxygens (including phenoxy) is 2. The Morgan fingerprint density at radius 2 is 1.69 bits per heavy atom. The maximum absolute atomic E-state index is 13.5. The first-order valence-corrected chi connectivity index (χ1v) is 12.9. The van der Waals surface area contributed by atoms with Crippen molar-refractivity contribution < 1.29 is 34.1 Å². The van der Waals surface area contributed by atoms with E-state index in [0.717, 1.165) is 24.8 Å². The molecule has 2 N–H and O–H groups in total. The lowest BCUT2D eigenvalue weighted by atomic mass is 9.71. The number of carboxylic acids is 1. The number of esters is 2. The number of nitrogens with zero attached hydrogens (tertiary/aromatic N) is 1. The largest absolute Gasteiger partial charge is 0.507 e. The van der Waals surface area contributed by atoms with Crippen molar-refractivity contribution in [3.63, 3.8) is 0 Å². The summed E-state index contributed by atoms with van der Waals surface area (Å²) in [5.74, 6) is -2.40. The van der Waals surface area contributed by atoms with E-state index in [1.54, 1.807) is 30.3 Å². The van der Waals surface area contributed by atoms with Gasteiger partial charge in [0.15, 0.2) is 0 Å². The molecule has 8 heteroatoms. The van der Waals surface area contributed by atoms with Gasteiger partial charge in [0.25, 0.3) is 0 Å². The van der Waals surface area contributed by atoms with E-state index >= 15 is 0 Å². The van der Waals surface area contributed by atoms with Gasteiger partial charge in [-0.15, -0.1) is 0 Å². The maximum Gasteiger partial charge on any atom is 0.347 e. The minimum Gasteiger partial charge on any atom is -0.507 e. The molecule has 1 aliphatic rings. The van der Waals surface area contributed by atoms with Gasteiger partial charge in [-0.25, -0.2) is 14.4 Å². The molecule has 3 aromatic rings. The van der Waals surface area contributed by atoms with E-state index in [9.17, 15) is 24.6 Å². The van der Waals surface area contributed by atoms with Gasteiger partial charge in [0.05, 0.1) is 11.1 Å². The monoisotopic (exact) mass is 531 g/mol. The zero-order chi connectivity index (χ0) is 28.2. The van der Waals surface area contributed by atoms with Crippen molar-refractivity contribution in [3.05, 3.63) is 94.5 Å². The number of phenolic OH excluding ortho intramolecular Hbond substituents is 1. The summed E-state index contributed by atoms with van der Waals surface area (Å²) < 4.78 is 12.0. The van der Waals surface area contributed by atoms with Crippen molar-refractivity contribution in [1.29, 1.82) is 0 Å². The number of carboxylic acid groups (broad SMARTS) is 1. The summed E-state index contributed by atoms with van der Waals surface area (Å²) in [6.45, 7) is 2.47. The van der Waals surface area contributed by atoms with Gasteiger partial charge in [-0.05, 0) is 93.9 Å². The van der Waals surface area contributed by atoms with Crippen LogP contribution in [0.5, 0.6) is 11.5 Å². The number of hydrogen-bond donors (Lipinski definition) is 2. The second-order valence-corrected chi connectivity index (χ2v) is 10.3. The second-order valence-electron chi connectivity index (χ2n) is 10.3. The molecule has 3 aromatic carbocycles. The highest BCUT2D eigenvalue weighted by Gasteiger charge is 2.46. The van der Waals surface area contributed by atoms with E-state index in [-0.39, 0.29) is 34.1 Å². The number of carbonyl (C=O) groups is 3. The smallest absolute Gasteiger partial charge is 0.347 e. The standard InChI is InChI=1S/C31H33NO7/c1-20-13-14-26(27(33)16-20)30(37)38-25-12-7-11-23(18-25)31(15-5-4-10-24(31)19-32(2)3)39-29(36)22-9-6-8-21(17-22)28(34)35/h6-9,11-14,16-18,24,33H,4-5,10,15,19H2,1-3H3,(H,34,35)/t24-,31+/m1/s1. The Morgan fingerprint density at radius 3 is 2.41 bits per heavy atom. The SMILES string of the molecule is Cc1ccc(C(=O)Oc2cccc([C@@]3(OC(=O)c4cccc(C(=O)O)c4)CCCC[C@@H]3CN(C)C)c2)c(O)c1. The number of benzene rings is 3. The fourth-order valence-corrected chi connectivity index (χ4v) is 5.27. The third kappa shape index (κ3) is 6.29. The second kappa shape index (κ2) is 11.7. The van der Waals surface area contributed by atoms with E-state index in [1.807, 2.05) is 32.0 Å². The number of carbonyl (C=O) groups excluding carboxylic acids is 2. The molecule has 0 amide bonds. The molecule has 0 bridgehead atoms. The molecule has 0 radical (unpaired) electrons. The average Bonchev–Trinajstić information content (AvgIpc) is 2.89. The number of phenols is 1. The number of hydrogen-bond acceptors (Lipinski definition) is 7. The summed E-state index contributed by atoms with van der Waals surface area (Å²) in [5, 5.41) is 19.6. The average molecular weight is 532 g/mol. The van der Waals surface area contributed by atoms with Crippen LogP contribution in [-0.2, 0) is 10.3 Å². The van der Waals surface area contributed by atoms with Crippen LogP contribution in [0.3, 0.4) is 0 Å². The van der Waals surface area contributed by atoms with Gasteiger partial charge in [-0.3, -0.25) is 0 Å². The summed E-state index contributed by atoms with van der Waals surface area (Å²) in [4.78, 5) is 39.8. The molecular formula is C31H33NO7. The molecule has 0 saturated heterocycles. The summed E-state index contributed by atoms with van der Waals surface area (Å²) in [6.07, 6.45) is 3.19. The molecule has 1 aliphatic carbocycles. The first kappa shape index (κ1) is 27.9. The van der Waals surface area contributed by atoms with Crippen molar-refractivity contribution in [2.24, 2.45) is 5.92 Å². The summed E-state index contributed by atoms with van der Waals surface area (Å²) in [6, 6.07) is 17.5. The quantitative estimate of drug-likeness (QED) is 0.293. The van der Waals surface area contributed by atoms with E-state index in [0.29, 0.717) is 18.5 Å². The molecule has 8 nitrogen and oxygen atoms in total. The van der Waals surface area contributed by atoms with Crippen molar-refractivity contribution >= 4 is 17.9 Å². The normalized spacial score (nSPS) is 18.9. The third-order valence-electron chi connectivity index (χ3n) is 7.12. The number of rotatable bonds is 8. The van der Waals surface area contributed by atoms with Crippen molar-refractivity contribution in [3.8, 4) is 11.5 Å². The highest BCUT2D eigenvalue weighted by Crippen LogP contribution is 2.46. The highest BCUT2D eigenvalue weighted by molar-refractivity contribution is 5.95. The van der Waals surface area contributed by atoms with Crippen LogP contribution in [0.15, 0.2) is 66.7 Å². The van der Waals surface area contributed by atoms with Crippen LogP contribution in [0.4, 0.5) is 0 Å². The fraction of sp³-hybridized carbons (Fsp3) is 0.323. The lowest BCUT2D eigenvalue weighted by molar-refractivity contribution is -0.0826. The van der Waals surface area contributed by atoms with E-state index < -0.39 is 23.5 Å². The van der Waals surface area contributed by atoms with Gasteiger partial charge >= 0.3 is 17.9 Å². The molecule has 2 atom stereocenters. The van der Waals surface area contributed by atoms with Gasteiger partial charge in [0.1, 0.15) is 22.7 Å². The zero-order valence-corrected chi connectivity index (χ0v) is 22.3. The Balaban J connectivity index is 1.71. The lowest BCUT2D eigenvalue weighted by Crippen LogP contribution is -2.46. The van der Waals surface area contributed by atoms with Crippen LogP contribution in [-0.4, -0.2) is 53.7 Å². The predicted octanol–water partition coefficient (Wildman–Crippen LogP) is 5.42. The van der Waals surface area contributed by atoms with E-state index in [4.69, 9.17) is 9.47 Å². The first-order chi connectivity index (χ1) is 18.6. The van der Waals surface area contributed by atoms with Gasteiger partial charge in [0.2, 0.25) is 0 Å². The first-order valence-electron chi connectivity index (χ1n) is 12.9. The highest BCUT2D eigenvalue weighted by atomic mass is 16.6. The van der Waals surface area contributed by atoms with Crippen molar-refractivity contribution in [2.45, 2.75) is 38.2 Å². The topological polar surface area (TPSA) is 113 Å². The molecule has 204 valence electrons. The Morgan fingerprint density at radius 1 is 0.949 bits per heavy atom. The van der Waals surface area contributed by atoms with Crippen LogP contribution in [0, 0.1) is 12.8 Å². The van der Waals surface area contributed by atoms with Gasteiger partial charge in [0, 0.05) is 12.5 Å². The molecule has 0 aliphatic heterocycles. The van der Waals surface area contributed by atoms with E-state index in [1.165, 1.54) is 30.3 Å². The molecule has 0 unspecified atom stereocenters. The number of aromatic carboxylic acids is 1. The minimum absolute atomic E-state index is 0.000235. The third-order valence-corrected chi connectivity index (χ3v) is 7.12. The van der Waals surface area contributed by atoms with Crippen molar-refractivity contribution in [1.82, 2.24) is 4.90 Å². The molecule has 39 heavy (non-hydrogen) atoms. The Labute approximate surface area is 227 Å². The lowest BCUT2D eigenvalue weighted by Gasteiger charge is -2.45. The minimum atomic E-state index is -1.13. The van der Waals surface area contributed by atoms with Gasteiger partial charge < -0.3 is 24.6 Å². The summed E-state index contributed by atoms with van der Waals surface area (Å²) >= 11 is 0. The van der Waals surface area contributed by atoms with Crippen LogP contribution in [0.2, 0.25) is 0 Å². The Kier molecular flexibility index (Phi) is 8.35. The molecule has 1 saturated carbocycles. The molecule has 0 spiro atoms. The van der Waals surface area contributed by atoms with Crippen LogP contribution in [0.1, 0.15) is 67.9 Å². The van der Waals surface area contributed by atoms with Crippen LogP contribution < -0.4 is 4.74 Å². The number of aromatic hydroxyl groups is 1. The van der Waals surface area contributed by atoms with Crippen molar-refractivity contribution in [2.75, 3.05) is 20.6 Å². The Hall–Kier alpha value is -4.17. The zero-order valence-electron chi connectivity index (χ0n) is 22.3. The fourth-order valence-electron chi connectivity index (χ4n) is 5.27. The van der Waals surface area contributed by atoms with Crippen LogP contribution >= 0.6 is 0 Å². The summed E-state index contributed by atoms with van der Waals surface area (Å²) in [7, 11) is 3.92. The molecule has 1 fully saturated rings. The van der Waals surface area contributed by atoms with Gasteiger partial charge in [-0.2, -0.15) is 0 Å². The molecular weight excluding hydrogens is 498 g/mol. The molecule has 0 heterocycles.